The van der Waals surface area contributed by atoms with E-state index in [4.69, 9.17) is 4.74 Å². The molecule has 1 aromatic rings. The van der Waals surface area contributed by atoms with Crippen molar-refractivity contribution in [3.8, 4) is 0 Å². The van der Waals surface area contributed by atoms with Crippen LogP contribution in [0.15, 0.2) is 22.7 Å². The lowest BCUT2D eigenvalue weighted by Gasteiger charge is -2.08. The standard InChI is InChI=1S/C12H14BrNO3/c1-3-12(16)17-7-11(15)14-10-5-4-9(13)6-8(10)2/h4-6H,3,7H2,1-2H3,(H,14,15). The zero-order valence-corrected chi connectivity index (χ0v) is 11.3. The molecule has 0 aliphatic heterocycles. The zero-order chi connectivity index (χ0) is 12.8. The van der Waals surface area contributed by atoms with Crippen molar-refractivity contribution in [2.75, 3.05) is 11.9 Å². The van der Waals surface area contributed by atoms with Crippen LogP contribution in [-0.2, 0) is 14.3 Å². The molecule has 0 saturated carbocycles. The monoisotopic (exact) mass is 299 g/mol. The lowest BCUT2D eigenvalue weighted by molar-refractivity contribution is -0.146. The van der Waals surface area contributed by atoms with Crippen molar-refractivity contribution in [1.82, 2.24) is 0 Å². The third kappa shape index (κ3) is 4.56. The van der Waals surface area contributed by atoms with Crippen molar-refractivity contribution >= 4 is 33.5 Å². The number of ether oxygens (including phenoxy) is 1. The molecule has 0 aromatic heterocycles. The van der Waals surface area contributed by atoms with Crippen molar-refractivity contribution in [3.05, 3.63) is 28.2 Å². The molecule has 0 radical (unpaired) electrons. The largest absolute Gasteiger partial charge is 0.456 e. The number of anilines is 1. The summed E-state index contributed by atoms with van der Waals surface area (Å²) >= 11 is 3.34. The van der Waals surface area contributed by atoms with Gasteiger partial charge in [0.25, 0.3) is 5.91 Å². The maximum Gasteiger partial charge on any atom is 0.306 e. The first-order chi connectivity index (χ1) is 8.02. The van der Waals surface area contributed by atoms with E-state index in [0.717, 1.165) is 10.0 Å². The highest BCUT2D eigenvalue weighted by atomic mass is 79.9. The molecule has 5 heteroatoms. The Morgan fingerprint density at radius 1 is 1.41 bits per heavy atom. The molecule has 17 heavy (non-hydrogen) atoms. The number of rotatable bonds is 4. The molecule has 0 spiro atoms. The van der Waals surface area contributed by atoms with E-state index in [2.05, 4.69) is 21.2 Å². The first-order valence-electron chi connectivity index (χ1n) is 5.24. The predicted octanol–water partition coefficient (Wildman–Crippen LogP) is 2.65. The van der Waals surface area contributed by atoms with Crippen LogP contribution in [0.5, 0.6) is 0 Å². The van der Waals surface area contributed by atoms with Crippen molar-refractivity contribution in [3.63, 3.8) is 0 Å². The maximum absolute atomic E-state index is 11.5. The highest BCUT2D eigenvalue weighted by Gasteiger charge is 2.07. The number of amides is 1. The summed E-state index contributed by atoms with van der Waals surface area (Å²) in [5.74, 6) is -0.718. The fourth-order valence-electron chi connectivity index (χ4n) is 1.20. The molecule has 0 heterocycles. The SMILES string of the molecule is CCC(=O)OCC(=O)Nc1ccc(Br)cc1C. The molecule has 1 N–H and O–H groups in total. The molecular formula is C12H14BrNO3. The van der Waals surface area contributed by atoms with Crippen LogP contribution in [0.3, 0.4) is 0 Å². The molecule has 0 saturated heterocycles. The van der Waals surface area contributed by atoms with Gasteiger partial charge in [-0.15, -0.1) is 0 Å². The summed E-state index contributed by atoms with van der Waals surface area (Å²) in [6.45, 7) is 3.32. The van der Waals surface area contributed by atoms with Gasteiger partial charge in [-0.3, -0.25) is 9.59 Å². The Balaban J connectivity index is 2.53. The first kappa shape index (κ1) is 13.7. The quantitative estimate of drug-likeness (QED) is 0.870. The first-order valence-corrected chi connectivity index (χ1v) is 6.04. The van der Waals surface area contributed by atoms with E-state index in [9.17, 15) is 9.59 Å². The third-order valence-electron chi connectivity index (χ3n) is 2.12. The van der Waals surface area contributed by atoms with E-state index < -0.39 is 0 Å². The highest BCUT2D eigenvalue weighted by molar-refractivity contribution is 9.10. The van der Waals surface area contributed by atoms with Crippen LogP contribution >= 0.6 is 15.9 Å². The zero-order valence-electron chi connectivity index (χ0n) is 9.75. The van der Waals surface area contributed by atoms with E-state index in [1.54, 1.807) is 13.0 Å². The van der Waals surface area contributed by atoms with Crippen molar-refractivity contribution in [1.29, 1.82) is 0 Å². The summed E-state index contributed by atoms with van der Waals surface area (Å²) in [4.78, 5) is 22.3. The molecular weight excluding hydrogens is 286 g/mol. The van der Waals surface area contributed by atoms with Gasteiger partial charge in [0, 0.05) is 16.6 Å². The third-order valence-corrected chi connectivity index (χ3v) is 2.61. The number of hydrogen-bond acceptors (Lipinski definition) is 3. The Kier molecular flexibility index (Phi) is 5.15. The number of hydrogen-bond donors (Lipinski definition) is 1. The Morgan fingerprint density at radius 3 is 2.71 bits per heavy atom. The second-order valence-electron chi connectivity index (χ2n) is 3.52. The van der Waals surface area contributed by atoms with Gasteiger partial charge >= 0.3 is 5.97 Å². The molecule has 1 amide bonds. The molecule has 0 atom stereocenters. The molecule has 0 aliphatic carbocycles. The van der Waals surface area contributed by atoms with E-state index in [0.29, 0.717) is 5.69 Å². The van der Waals surface area contributed by atoms with Crippen LogP contribution in [0.2, 0.25) is 0 Å². The number of carbonyl (C=O) groups is 2. The minimum absolute atomic E-state index is 0.248. The Morgan fingerprint density at radius 2 is 2.12 bits per heavy atom. The van der Waals surface area contributed by atoms with Crippen LogP contribution < -0.4 is 5.32 Å². The number of aryl methyl sites for hydroxylation is 1. The summed E-state index contributed by atoms with van der Waals surface area (Å²) in [7, 11) is 0. The molecule has 0 fully saturated rings. The van der Waals surface area contributed by atoms with Crippen molar-refractivity contribution < 1.29 is 14.3 Å². The lowest BCUT2D eigenvalue weighted by Crippen LogP contribution is -2.20. The van der Waals surface area contributed by atoms with Crippen molar-refractivity contribution in [2.24, 2.45) is 0 Å². The van der Waals surface area contributed by atoms with Crippen LogP contribution in [-0.4, -0.2) is 18.5 Å². The highest BCUT2D eigenvalue weighted by Crippen LogP contribution is 2.19. The molecule has 0 aliphatic rings. The number of benzene rings is 1. The van der Waals surface area contributed by atoms with Crippen LogP contribution in [0.25, 0.3) is 0 Å². The second-order valence-corrected chi connectivity index (χ2v) is 4.44. The van der Waals surface area contributed by atoms with Gasteiger partial charge in [-0.25, -0.2) is 0 Å². The van der Waals surface area contributed by atoms with Gasteiger partial charge in [-0.2, -0.15) is 0 Å². The van der Waals surface area contributed by atoms with Crippen molar-refractivity contribution in [2.45, 2.75) is 20.3 Å². The smallest absolute Gasteiger partial charge is 0.306 e. The van der Waals surface area contributed by atoms with Gasteiger partial charge in [0.05, 0.1) is 0 Å². The summed E-state index contributed by atoms with van der Waals surface area (Å²) in [6.07, 6.45) is 0.268. The van der Waals surface area contributed by atoms with Gasteiger partial charge in [0.2, 0.25) is 0 Å². The molecule has 92 valence electrons. The topological polar surface area (TPSA) is 55.4 Å². The number of nitrogens with one attached hydrogen (secondary N) is 1. The average Bonchev–Trinajstić information content (AvgIpc) is 2.29. The Hall–Kier alpha value is -1.36. The summed E-state index contributed by atoms with van der Waals surface area (Å²) in [5, 5.41) is 2.68. The Bertz CT molecular complexity index is 432. The minimum atomic E-state index is -0.382. The number of carbonyl (C=O) groups excluding carboxylic acids is 2. The fourth-order valence-corrected chi connectivity index (χ4v) is 1.68. The van der Waals surface area contributed by atoms with Gasteiger partial charge in [-0.05, 0) is 30.7 Å². The number of halogens is 1. The van der Waals surface area contributed by atoms with Gasteiger partial charge in [0.1, 0.15) is 0 Å². The van der Waals surface area contributed by atoms with Gasteiger partial charge in [0.15, 0.2) is 6.61 Å². The number of esters is 1. The van der Waals surface area contributed by atoms with Gasteiger partial charge < -0.3 is 10.1 Å². The summed E-state index contributed by atoms with van der Waals surface area (Å²) in [5.41, 5.74) is 1.65. The van der Waals surface area contributed by atoms with Gasteiger partial charge in [-0.1, -0.05) is 22.9 Å². The summed E-state index contributed by atoms with van der Waals surface area (Å²) in [6, 6.07) is 5.52. The normalized spacial score (nSPS) is 9.82. The van der Waals surface area contributed by atoms with Crippen LogP contribution in [0.4, 0.5) is 5.69 Å². The molecule has 1 rings (SSSR count). The summed E-state index contributed by atoms with van der Waals surface area (Å²) < 4.78 is 5.68. The van der Waals surface area contributed by atoms with Crippen LogP contribution in [0, 0.1) is 6.92 Å². The second kappa shape index (κ2) is 6.39. The van der Waals surface area contributed by atoms with E-state index in [1.807, 2.05) is 19.1 Å². The Labute approximate surface area is 108 Å². The molecule has 0 unspecified atom stereocenters. The van der Waals surface area contributed by atoms with Crippen LogP contribution in [0.1, 0.15) is 18.9 Å². The van der Waals surface area contributed by atoms with E-state index in [-0.39, 0.29) is 24.9 Å². The van der Waals surface area contributed by atoms with E-state index in [1.165, 1.54) is 0 Å². The average molecular weight is 300 g/mol. The lowest BCUT2D eigenvalue weighted by atomic mass is 10.2. The predicted molar refractivity (Wildman–Crippen MR) is 68.8 cm³/mol. The molecule has 4 nitrogen and oxygen atoms in total. The fraction of sp³-hybridized carbons (Fsp3) is 0.333. The molecule has 1 aromatic carbocycles. The maximum atomic E-state index is 11.5. The van der Waals surface area contributed by atoms with E-state index >= 15 is 0 Å². The molecule has 0 bridgehead atoms. The minimum Gasteiger partial charge on any atom is -0.456 e.